The molecule has 1 aromatic rings. The lowest BCUT2D eigenvalue weighted by Gasteiger charge is -2.20. The van der Waals surface area contributed by atoms with Crippen molar-refractivity contribution in [1.29, 1.82) is 0 Å². The van der Waals surface area contributed by atoms with Crippen LogP contribution >= 0.6 is 0 Å². The van der Waals surface area contributed by atoms with E-state index in [2.05, 4.69) is 15.6 Å². The lowest BCUT2D eigenvalue weighted by atomic mass is 10.1. The third-order valence-corrected chi connectivity index (χ3v) is 4.25. The molecule has 0 spiro atoms. The van der Waals surface area contributed by atoms with Gasteiger partial charge in [0.15, 0.2) is 5.96 Å². The molecule has 0 radical (unpaired) electrons. The van der Waals surface area contributed by atoms with Gasteiger partial charge in [-0.3, -0.25) is 9.79 Å². The minimum atomic E-state index is -0.198. The first-order valence-electron chi connectivity index (χ1n) is 8.41. The average Bonchev–Trinajstić information content (AvgIpc) is 3.02. The van der Waals surface area contributed by atoms with Crippen LogP contribution in [0, 0.1) is 18.7 Å². The van der Waals surface area contributed by atoms with Gasteiger partial charge >= 0.3 is 0 Å². The second-order valence-corrected chi connectivity index (χ2v) is 6.58. The Morgan fingerprint density at radius 2 is 2.21 bits per heavy atom. The van der Waals surface area contributed by atoms with E-state index < -0.39 is 0 Å². The van der Waals surface area contributed by atoms with E-state index in [4.69, 9.17) is 0 Å². The molecule has 1 aliphatic heterocycles. The molecule has 132 valence electrons. The van der Waals surface area contributed by atoms with Gasteiger partial charge in [-0.2, -0.15) is 0 Å². The van der Waals surface area contributed by atoms with Crippen LogP contribution in [0.3, 0.4) is 0 Å². The first kappa shape index (κ1) is 18.2. The molecule has 2 rings (SSSR count). The molecular weight excluding hydrogens is 307 g/mol. The van der Waals surface area contributed by atoms with Crippen molar-refractivity contribution < 1.29 is 9.18 Å². The second-order valence-electron chi connectivity index (χ2n) is 6.58. The van der Waals surface area contributed by atoms with Crippen LogP contribution in [-0.4, -0.2) is 42.9 Å². The molecule has 6 heteroatoms. The van der Waals surface area contributed by atoms with E-state index in [-0.39, 0.29) is 23.7 Å². The molecule has 1 aliphatic rings. The van der Waals surface area contributed by atoms with Gasteiger partial charge in [-0.15, -0.1) is 0 Å². The summed E-state index contributed by atoms with van der Waals surface area (Å²) in [4.78, 5) is 18.1. The average molecular weight is 334 g/mol. The van der Waals surface area contributed by atoms with Gasteiger partial charge in [0.1, 0.15) is 5.82 Å². The van der Waals surface area contributed by atoms with Crippen LogP contribution < -0.4 is 10.6 Å². The van der Waals surface area contributed by atoms with Gasteiger partial charge < -0.3 is 15.5 Å². The van der Waals surface area contributed by atoms with Crippen molar-refractivity contribution in [2.45, 2.75) is 39.8 Å². The Labute approximate surface area is 143 Å². The van der Waals surface area contributed by atoms with E-state index in [0.29, 0.717) is 24.6 Å². The first-order chi connectivity index (χ1) is 11.4. The van der Waals surface area contributed by atoms with E-state index in [1.54, 1.807) is 20.0 Å². The number of halogens is 1. The highest BCUT2D eigenvalue weighted by Crippen LogP contribution is 2.13. The van der Waals surface area contributed by atoms with Crippen molar-refractivity contribution in [3.05, 3.63) is 35.1 Å². The van der Waals surface area contributed by atoms with Crippen molar-refractivity contribution in [1.82, 2.24) is 15.5 Å². The quantitative estimate of drug-likeness (QED) is 0.655. The number of hydrogen-bond donors (Lipinski definition) is 2. The molecule has 1 fully saturated rings. The molecular formula is C18H27FN4O. The molecule has 2 N–H and O–H groups in total. The molecule has 1 aromatic carbocycles. The van der Waals surface area contributed by atoms with Crippen molar-refractivity contribution in [2.75, 3.05) is 20.1 Å². The van der Waals surface area contributed by atoms with E-state index in [0.717, 1.165) is 18.5 Å². The summed E-state index contributed by atoms with van der Waals surface area (Å²) in [5.74, 6) is 0.686. The van der Waals surface area contributed by atoms with E-state index >= 15 is 0 Å². The summed E-state index contributed by atoms with van der Waals surface area (Å²) in [5, 5.41) is 6.53. The van der Waals surface area contributed by atoms with Gasteiger partial charge in [-0.25, -0.2) is 4.39 Å². The van der Waals surface area contributed by atoms with Crippen LogP contribution in [0.2, 0.25) is 0 Å². The minimum Gasteiger partial charge on any atom is -0.352 e. The van der Waals surface area contributed by atoms with E-state index in [9.17, 15) is 9.18 Å². The number of benzene rings is 1. The zero-order valence-electron chi connectivity index (χ0n) is 14.9. The summed E-state index contributed by atoms with van der Waals surface area (Å²) >= 11 is 0. The summed E-state index contributed by atoms with van der Waals surface area (Å²) in [6.45, 7) is 7.55. The zero-order chi connectivity index (χ0) is 17.7. The molecule has 1 heterocycles. The Morgan fingerprint density at radius 1 is 1.46 bits per heavy atom. The van der Waals surface area contributed by atoms with Gasteiger partial charge in [0.2, 0.25) is 5.91 Å². The molecule has 0 bridgehead atoms. The smallest absolute Gasteiger partial charge is 0.225 e. The Kier molecular flexibility index (Phi) is 6.17. The third kappa shape index (κ3) is 4.69. The number of guanidine groups is 1. The monoisotopic (exact) mass is 334 g/mol. The van der Waals surface area contributed by atoms with E-state index in [1.165, 1.54) is 6.07 Å². The topological polar surface area (TPSA) is 56.7 Å². The highest BCUT2D eigenvalue weighted by Gasteiger charge is 2.27. The van der Waals surface area contributed by atoms with Gasteiger partial charge in [0, 0.05) is 38.6 Å². The van der Waals surface area contributed by atoms with Crippen molar-refractivity contribution in [2.24, 2.45) is 10.9 Å². The van der Waals surface area contributed by atoms with E-state index in [1.807, 2.05) is 24.8 Å². The summed E-state index contributed by atoms with van der Waals surface area (Å²) in [6, 6.07) is 5.40. The number of nitrogens with one attached hydrogen (secondary N) is 2. The number of likely N-dealkylation sites (tertiary alicyclic amines) is 1. The standard InChI is InChI=1S/C18H27FN4O/c1-12(2)17(24)23-8-7-15(11-23)22-18(20-4)21-10-14-6-5-13(3)16(19)9-14/h5-6,9,12,15H,7-8,10-11H2,1-4H3,(H2,20,21,22). The molecule has 24 heavy (non-hydrogen) atoms. The molecule has 1 unspecified atom stereocenters. The first-order valence-corrected chi connectivity index (χ1v) is 8.41. The van der Waals surface area contributed by atoms with Crippen LogP contribution in [0.5, 0.6) is 0 Å². The van der Waals surface area contributed by atoms with Crippen molar-refractivity contribution >= 4 is 11.9 Å². The Bertz CT molecular complexity index is 615. The minimum absolute atomic E-state index is 0.0256. The molecule has 1 atom stereocenters. The molecule has 0 saturated carbocycles. The number of hydrogen-bond acceptors (Lipinski definition) is 2. The van der Waals surface area contributed by atoms with Crippen molar-refractivity contribution in [3.63, 3.8) is 0 Å². The summed E-state index contributed by atoms with van der Waals surface area (Å²) in [7, 11) is 1.71. The lowest BCUT2D eigenvalue weighted by Crippen LogP contribution is -2.45. The highest BCUT2D eigenvalue weighted by molar-refractivity contribution is 5.81. The van der Waals surface area contributed by atoms with Crippen LogP contribution in [-0.2, 0) is 11.3 Å². The Hall–Kier alpha value is -2.11. The molecule has 5 nitrogen and oxygen atoms in total. The fourth-order valence-corrected chi connectivity index (χ4v) is 2.76. The van der Waals surface area contributed by atoms with Crippen LogP contribution in [0.25, 0.3) is 0 Å². The second kappa shape index (κ2) is 8.13. The summed E-state index contributed by atoms with van der Waals surface area (Å²) in [5.41, 5.74) is 1.51. The maximum absolute atomic E-state index is 13.6. The molecule has 0 aliphatic carbocycles. The molecule has 1 saturated heterocycles. The number of amides is 1. The number of rotatable bonds is 4. The number of aliphatic imine (C=N–C) groups is 1. The Balaban J connectivity index is 1.85. The predicted octanol–water partition coefficient (Wildman–Crippen LogP) is 2.06. The number of carbonyl (C=O) groups is 1. The number of carbonyl (C=O) groups excluding carboxylic acids is 1. The normalized spacial score (nSPS) is 18.2. The maximum atomic E-state index is 13.6. The van der Waals surface area contributed by atoms with Gasteiger partial charge in [-0.1, -0.05) is 26.0 Å². The van der Waals surface area contributed by atoms with Crippen LogP contribution in [0.15, 0.2) is 23.2 Å². The zero-order valence-corrected chi connectivity index (χ0v) is 14.9. The van der Waals surface area contributed by atoms with Crippen LogP contribution in [0.1, 0.15) is 31.4 Å². The highest BCUT2D eigenvalue weighted by atomic mass is 19.1. The fourth-order valence-electron chi connectivity index (χ4n) is 2.76. The predicted molar refractivity (Wildman–Crippen MR) is 94.3 cm³/mol. The van der Waals surface area contributed by atoms with Gasteiger partial charge in [0.05, 0.1) is 0 Å². The molecule has 1 amide bonds. The van der Waals surface area contributed by atoms with Crippen molar-refractivity contribution in [3.8, 4) is 0 Å². The SMILES string of the molecule is CN=C(NCc1ccc(C)c(F)c1)NC1CCN(C(=O)C(C)C)C1. The largest absolute Gasteiger partial charge is 0.352 e. The summed E-state index contributed by atoms with van der Waals surface area (Å²) in [6.07, 6.45) is 0.901. The molecule has 0 aromatic heterocycles. The number of aryl methyl sites for hydroxylation is 1. The van der Waals surface area contributed by atoms with Gasteiger partial charge in [-0.05, 0) is 30.5 Å². The van der Waals surface area contributed by atoms with Crippen LogP contribution in [0.4, 0.5) is 4.39 Å². The third-order valence-electron chi connectivity index (χ3n) is 4.25. The lowest BCUT2D eigenvalue weighted by molar-refractivity contribution is -0.133. The summed E-state index contributed by atoms with van der Waals surface area (Å²) < 4.78 is 13.6. The fraction of sp³-hybridized carbons (Fsp3) is 0.556. The van der Waals surface area contributed by atoms with Gasteiger partial charge in [0.25, 0.3) is 0 Å². The number of nitrogens with zero attached hydrogens (tertiary/aromatic N) is 2. The Morgan fingerprint density at radius 3 is 2.83 bits per heavy atom. The maximum Gasteiger partial charge on any atom is 0.225 e.